The van der Waals surface area contributed by atoms with Crippen molar-refractivity contribution in [1.29, 1.82) is 0 Å². The van der Waals surface area contributed by atoms with E-state index in [0.717, 1.165) is 37.2 Å². The number of halogens is 4. The highest BCUT2D eigenvalue weighted by Crippen LogP contribution is 2.26. The number of hydrogen-bond donors (Lipinski definition) is 1. The summed E-state index contributed by atoms with van der Waals surface area (Å²) in [6.07, 6.45) is 1.77. The highest BCUT2D eigenvalue weighted by Gasteiger charge is 2.26. The molecule has 2 aromatic carbocycles. The minimum Gasteiger partial charge on any atom is -0.435 e. The highest BCUT2D eigenvalue weighted by molar-refractivity contribution is 7.91. The number of hydrogen-bond acceptors (Lipinski definition) is 5. The highest BCUT2D eigenvalue weighted by atomic mass is 32.2. The van der Waals surface area contributed by atoms with Crippen LogP contribution in [0.1, 0.15) is 12.8 Å². The summed E-state index contributed by atoms with van der Waals surface area (Å²) in [5, 5.41) is 3.28. The molecule has 1 heterocycles. The summed E-state index contributed by atoms with van der Waals surface area (Å²) in [6.45, 7) is -1.42. The number of rotatable bonds is 7. The lowest BCUT2D eigenvalue weighted by Crippen LogP contribution is -2.42. The van der Waals surface area contributed by atoms with Gasteiger partial charge in [-0.2, -0.15) is 17.6 Å². The van der Waals surface area contributed by atoms with Crippen molar-refractivity contribution >= 4 is 21.2 Å². The first-order valence-corrected chi connectivity index (χ1v) is 10.5. The Labute approximate surface area is 166 Å². The second-order valence-electron chi connectivity index (χ2n) is 6.63. The number of sulfone groups is 1. The summed E-state index contributed by atoms with van der Waals surface area (Å²) in [5.41, 5.74) is 1.50. The summed E-state index contributed by atoms with van der Waals surface area (Å²) in [6, 6.07) is 11.7. The quantitative estimate of drug-likeness (QED) is 0.659. The fourth-order valence-electron chi connectivity index (χ4n) is 3.25. The van der Waals surface area contributed by atoms with Gasteiger partial charge in [0.2, 0.25) is 9.84 Å². The van der Waals surface area contributed by atoms with Gasteiger partial charge in [0.05, 0.1) is 4.90 Å². The van der Waals surface area contributed by atoms with Crippen LogP contribution in [0.25, 0.3) is 0 Å². The molecule has 0 bridgehead atoms. The van der Waals surface area contributed by atoms with Crippen LogP contribution in [-0.4, -0.2) is 39.9 Å². The Balaban J connectivity index is 1.62. The molecule has 5 nitrogen and oxygen atoms in total. The van der Waals surface area contributed by atoms with E-state index in [1.807, 2.05) is 0 Å². The number of nitrogens with one attached hydrogen (secondary N) is 1. The molecule has 1 unspecified atom stereocenters. The van der Waals surface area contributed by atoms with Gasteiger partial charge in [0.15, 0.2) is 0 Å². The van der Waals surface area contributed by atoms with Gasteiger partial charge in [0.1, 0.15) is 5.75 Å². The van der Waals surface area contributed by atoms with Crippen molar-refractivity contribution in [2.45, 2.75) is 36.1 Å². The molecule has 0 aliphatic carbocycles. The lowest BCUT2D eigenvalue weighted by atomic mass is 10.0. The van der Waals surface area contributed by atoms with Crippen molar-refractivity contribution in [3.05, 3.63) is 48.5 Å². The summed E-state index contributed by atoms with van der Waals surface area (Å²) in [5.74, 6) is -3.36. The van der Waals surface area contributed by atoms with Crippen LogP contribution in [0.2, 0.25) is 0 Å². The minimum absolute atomic E-state index is 0.0540. The van der Waals surface area contributed by atoms with E-state index in [0.29, 0.717) is 12.2 Å². The van der Waals surface area contributed by atoms with Crippen molar-refractivity contribution in [3.63, 3.8) is 0 Å². The summed E-state index contributed by atoms with van der Waals surface area (Å²) in [4.78, 5) is 1.68. The van der Waals surface area contributed by atoms with Gasteiger partial charge in [-0.15, -0.1) is 0 Å². The summed E-state index contributed by atoms with van der Waals surface area (Å²) >= 11 is 0. The lowest BCUT2D eigenvalue weighted by Gasteiger charge is -2.35. The molecule has 158 valence electrons. The molecule has 29 heavy (non-hydrogen) atoms. The molecule has 1 atom stereocenters. The molecule has 1 aliphatic heterocycles. The molecule has 0 saturated carbocycles. The zero-order valence-electron chi connectivity index (χ0n) is 15.3. The molecule has 1 N–H and O–H groups in total. The van der Waals surface area contributed by atoms with E-state index in [9.17, 15) is 26.0 Å². The van der Waals surface area contributed by atoms with E-state index in [4.69, 9.17) is 0 Å². The third-order valence-electron chi connectivity index (χ3n) is 4.64. The second-order valence-corrected chi connectivity index (χ2v) is 8.55. The fraction of sp³-hybridized carbons (Fsp3) is 0.368. The molecule has 0 radical (unpaired) electrons. The molecule has 3 rings (SSSR count). The zero-order chi connectivity index (χ0) is 21.0. The molecule has 1 saturated heterocycles. The van der Waals surface area contributed by atoms with Crippen LogP contribution < -0.4 is 15.0 Å². The van der Waals surface area contributed by atoms with Gasteiger partial charge in [-0.05, 0) is 61.4 Å². The predicted octanol–water partition coefficient (Wildman–Crippen LogP) is 4.37. The van der Waals surface area contributed by atoms with Gasteiger partial charge >= 0.3 is 12.4 Å². The Kier molecular flexibility index (Phi) is 6.51. The average Bonchev–Trinajstić information content (AvgIpc) is 2.68. The Morgan fingerprint density at radius 3 is 2.24 bits per heavy atom. The number of benzene rings is 2. The number of ether oxygens (including phenoxy) is 1. The van der Waals surface area contributed by atoms with E-state index < -0.39 is 27.1 Å². The number of anilines is 2. The third-order valence-corrected chi connectivity index (χ3v) is 6.03. The number of piperidine rings is 1. The first-order chi connectivity index (χ1) is 13.8. The van der Waals surface area contributed by atoms with Gasteiger partial charge in [-0.25, -0.2) is 8.42 Å². The fourth-order valence-corrected chi connectivity index (χ4v) is 3.97. The zero-order valence-corrected chi connectivity index (χ0v) is 16.1. The van der Waals surface area contributed by atoms with Crippen LogP contribution in [-0.2, 0) is 9.84 Å². The third kappa shape index (κ3) is 5.31. The van der Waals surface area contributed by atoms with E-state index in [1.54, 1.807) is 12.1 Å². The molecule has 2 aromatic rings. The smallest absolute Gasteiger partial charge is 0.387 e. The molecule has 0 spiro atoms. The molecule has 0 amide bonds. The topological polar surface area (TPSA) is 58.6 Å². The maximum Gasteiger partial charge on any atom is 0.387 e. The van der Waals surface area contributed by atoms with Crippen LogP contribution in [0.4, 0.5) is 28.9 Å². The van der Waals surface area contributed by atoms with Crippen LogP contribution >= 0.6 is 0 Å². The molecule has 10 heteroatoms. The van der Waals surface area contributed by atoms with E-state index >= 15 is 0 Å². The van der Waals surface area contributed by atoms with E-state index in [-0.39, 0.29) is 11.8 Å². The van der Waals surface area contributed by atoms with Crippen LogP contribution in [0.5, 0.6) is 5.75 Å². The number of nitrogens with zero attached hydrogens (tertiary/aromatic N) is 1. The van der Waals surface area contributed by atoms with Gasteiger partial charge in [-0.1, -0.05) is 0 Å². The van der Waals surface area contributed by atoms with Gasteiger partial charge < -0.3 is 15.0 Å². The molecule has 1 fully saturated rings. The Morgan fingerprint density at radius 2 is 1.66 bits per heavy atom. The minimum atomic E-state index is -4.61. The van der Waals surface area contributed by atoms with Crippen LogP contribution in [0, 0.1) is 0 Å². The Bertz CT molecular complexity index is 906. The summed E-state index contributed by atoms with van der Waals surface area (Å²) in [7, 11) is -4.61. The van der Waals surface area contributed by atoms with Gasteiger partial charge in [-0.3, -0.25) is 0 Å². The maximum absolute atomic E-state index is 12.6. The largest absolute Gasteiger partial charge is 0.435 e. The molecule has 1 aliphatic rings. The van der Waals surface area contributed by atoms with Crippen molar-refractivity contribution in [2.24, 2.45) is 0 Å². The molecule has 0 aromatic heterocycles. The second kappa shape index (κ2) is 8.89. The lowest BCUT2D eigenvalue weighted by molar-refractivity contribution is -0.0498. The van der Waals surface area contributed by atoms with Crippen LogP contribution in [0.15, 0.2) is 53.4 Å². The molecular weight excluding hydrogens is 412 g/mol. The van der Waals surface area contributed by atoms with Crippen molar-refractivity contribution in [3.8, 4) is 5.75 Å². The first-order valence-electron chi connectivity index (χ1n) is 8.94. The predicted molar refractivity (Wildman–Crippen MR) is 102 cm³/mol. The van der Waals surface area contributed by atoms with Crippen LogP contribution in [0.3, 0.4) is 0 Å². The first kappa shape index (κ1) is 21.2. The Morgan fingerprint density at radius 1 is 1.00 bits per heavy atom. The van der Waals surface area contributed by atoms with Gasteiger partial charge in [0, 0.05) is 30.5 Å². The van der Waals surface area contributed by atoms with Crippen molar-refractivity contribution in [1.82, 2.24) is 0 Å². The molecular formula is C19H20F4N2O3S. The number of alkyl halides is 4. The van der Waals surface area contributed by atoms with Gasteiger partial charge in [0.25, 0.3) is 0 Å². The summed E-state index contributed by atoms with van der Waals surface area (Å²) < 4.78 is 77.0. The SMILES string of the molecule is O=S(=O)(c1ccc(NC2CCCN(c3ccc(OC(F)F)cc3)C2)cc1)C(F)F. The standard InChI is InChI=1S/C19H20F4N2O3S/c20-18(21)28-16-7-5-15(6-8-16)25-11-1-2-14(12-25)24-13-3-9-17(10-4-13)29(26,27)19(22)23/h3-10,14,18-19,24H,1-2,11-12H2. The van der Waals surface area contributed by atoms with E-state index in [2.05, 4.69) is 15.0 Å². The van der Waals surface area contributed by atoms with Crippen molar-refractivity contribution in [2.75, 3.05) is 23.3 Å². The average molecular weight is 432 g/mol. The maximum atomic E-state index is 12.6. The monoisotopic (exact) mass is 432 g/mol. The Hall–Kier alpha value is -2.49. The normalized spacial score (nSPS) is 17.6. The van der Waals surface area contributed by atoms with E-state index in [1.165, 1.54) is 24.3 Å². The van der Waals surface area contributed by atoms with Crippen molar-refractivity contribution < 1.29 is 30.7 Å².